The van der Waals surface area contributed by atoms with E-state index < -0.39 is 12.0 Å². The number of aliphatic carboxylic acids is 1. The molecule has 0 aromatic heterocycles. The first-order valence-electron chi connectivity index (χ1n) is 7.72. The summed E-state index contributed by atoms with van der Waals surface area (Å²) < 4.78 is 10.9. The van der Waals surface area contributed by atoms with Crippen LogP contribution in [0.2, 0.25) is 0 Å². The molecule has 0 radical (unpaired) electrons. The van der Waals surface area contributed by atoms with Crippen molar-refractivity contribution in [1.82, 2.24) is 4.90 Å². The summed E-state index contributed by atoms with van der Waals surface area (Å²) in [5.41, 5.74) is 0.609. The van der Waals surface area contributed by atoms with Gasteiger partial charge >= 0.3 is 5.97 Å². The molecule has 1 fully saturated rings. The molecule has 23 heavy (non-hydrogen) atoms. The van der Waals surface area contributed by atoms with Crippen LogP contribution < -0.4 is 14.8 Å². The lowest BCUT2D eigenvalue weighted by molar-refractivity contribution is -0.143. The van der Waals surface area contributed by atoms with Crippen molar-refractivity contribution in [3.05, 3.63) is 18.2 Å². The molecule has 3 rings (SSSR count). The molecule has 124 valence electrons. The van der Waals surface area contributed by atoms with E-state index in [1.807, 2.05) is 0 Å². The molecule has 2 aliphatic rings. The van der Waals surface area contributed by atoms with Crippen LogP contribution in [-0.4, -0.2) is 53.7 Å². The molecule has 1 aromatic rings. The number of benzene rings is 1. The molecular weight excluding hydrogens is 300 g/mol. The Kier molecular flexibility index (Phi) is 4.38. The number of amides is 1. The third kappa shape index (κ3) is 3.73. The highest BCUT2D eigenvalue weighted by molar-refractivity contribution is 5.93. The maximum atomic E-state index is 12.2. The van der Waals surface area contributed by atoms with E-state index in [9.17, 15) is 9.59 Å². The van der Waals surface area contributed by atoms with Gasteiger partial charge in [0.2, 0.25) is 5.91 Å². The number of fused-ring (bicyclic) bond motifs is 1. The number of carboxylic acid groups (broad SMARTS) is 1. The number of hydrogen-bond acceptors (Lipinski definition) is 5. The maximum absolute atomic E-state index is 12.2. The van der Waals surface area contributed by atoms with Gasteiger partial charge in [-0.05, 0) is 31.9 Å². The molecule has 1 saturated carbocycles. The van der Waals surface area contributed by atoms with Gasteiger partial charge in [0.25, 0.3) is 0 Å². The van der Waals surface area contributed by atoms with E-state index in [0.29, 0.717) is 30.4 Å². The lowest BCUT2D eigenvalue weighted by atomic mass is 10.2. The molecule has 1 amide bonds. The molecule has 0 spiro atoms. The summed E-state index contributed by atoms with van der Waals surface area (Å²) in [4.78, 5) is 25.1. The predicted octanol–water partition coefficient (Wildman–Crippen LogP) is 1.33. The fourth-order valence-electron chi connectivity index (χ4n) is 2.62. The van der Waals surface area contributed by atoms with Crippen LogP contribution in [0.3, 0.4) is 0 Å². The quantitative estimate of drug-likeness (QED) is 0.822. The Labute approximate surface area is 134 Å². The van der Waals surface area contributed by atoms with Crippen molar-refractivity contribution in [1.29, 1.82) is 0 Å². The van der Waals surface area contributed by atoms with Crippen LogP contribution in [0.1, 0.15) is 19.8 Å². The minimum Gasteiger partial charge on any atom is -0.486 e. The molecule has 2 N–H and O–H groups in total. The lowest BCUT2D eigenvalue weighted by Gasteiger charge is -2.25. The van der Waals surface area contributed by atoms with Gasteiger partial charge in [0, 0.05) is 17.8 Å². The SMILES string of the molecule is CC(C(=O)O)N(CC(=O)Nc1ccc2c(c1)OCCO2)C1CC1. The van der Waals surface area contributed by atoms with Crippen LogP contribution in [0.25, 0.3) is 0 Å². The Hall–Kier alpha value is -2.28. The second-order valence-corrected chi connectivity index (χ2v) is 5.82. The second-order valence-electron chi connectivity index (χ2n) is 5.82. The molecule has 0 bridgehead atoms. The Bertz CT molecular complexity index is 614. The van der Waals surface area contributed by atoms with Crippen LogP contribution in [-0.2, 0) is 9.59 Å². The van der Waals surface area contributed by atoms with Gasteiger partial charge < -0.3 is 19.9 Å². The van der Waals surface area contributed by atoms with Gasteiger partial charge in [0.05, 0.1) is 6.54 Å². The van der Waals surface area contributed by atoms with Gasteiger partial charge in [-0.25, -0.2) is 0 Å². The molecular formula is C16H20N2O5. The van der Waals surface area contributed by atoms with Crippen LogP contribution in [0.5, 0.6) is 11.5 Å². The Morgan fingerprint density at radius 2 is 2.00 bits per heavy atom. The maximum Gasteiger partial charge on any atom is 0.320 e. The molecule has 1 unspecified atom stereocenters. The highest BCUT2D eigenvalue weighted by Crippen LogP contribution is 2.33. The standard InChI is InChI=1S/C16H20N2O5/c1-10(16(20)21)18(12-3-4-12)9-15(19)17-11-2-5-13-14(8-11)23-7-6-22-13/h2,5,8,10,12H,3-4,6-7,9H2,1H3,(H,17,19)(H,20,21). The number of nitrogens with zero attached hydrogens (tertiary/aromatic N) is 1. The first-order chi connectivity index (χ1) is 11.0. The van der Waals surface area contributed by atoms with E-state index in [1.165, 1.54) is 0 Å². The zero-order valence-corrected chi connectivity index (χ0v) is 12.9. The van der Waals surface area contributed by atoms with E-state index >= 15 is 0 Å². The number of ether oxygens (including phenoxy) is 2. The van der Waals surface area contributed by atoms with E-state index in [2.05, 4.69) is 5.32 Å². The van der Waals surface area contributed by atoms with Crippen LogP contribution >= 0.6 is 0 Å². The molecule has 1 aliphatic heterocycles. The average molecular weight is 320 g/mol. The van der Waals surface area contributed by atoms with Crippen molar-refractivity contribution in [3.63, 3.8) is 0 Å². The van der Waals surface area contributed by atoms with E-state index in [4.69, 9.17) is 14.6 Å². The summed E-state index contributed by atoms with van der Waals surface area (Å²) in [6.45, 7) is 2.67. The van der Waals surface area contributed by atoms with E-state index in [0.717, 1.165) is 12.8 Å². The zero-order chi connectivity index (χ0) is 16.4. The van der Waals surface area contributed by atoms with Crippen LogP contribution in [0.15, 0.2) is 18.2 Å². The highest BCUT2D eigenvalue weighted by atomic mass is 16.6. The normalized spacial score (nSPS) is 17.7. The van der Waals surface area contributed by atoms with Crippen molar-refractivity contribution in [2.45, 2.75) is 31.8 Å². The number of carbonyl (C=O) groups excluding carboxylic acids is 1. The molecule has 7 heteroatoms. The topological polar surface area (TPSA) is 88.1 Å². The fourth-order valence-corrected chi connectivity index (χ4v) is 2.62. The Balaban J connectivity index is 1.63. The first-order valence-corrected chi connectivity index (χ1v) is 7.72. The van der Waals surface area contributed by atoms with Gasteiger partial charge in [-0.15, -0.1) is 0 Å². The minimum atomic E-state index is -0.913. The van der Waals surface area contributed by atoms with Crippen molar-refractivity contribution >= 4 is 17.6 Å². The molecule has 1 atom stereocenters. The van der Waals surface area contributed by atoms with E-state index in [-0.39, 0.29) is 18.5 Å². The minimum absolute atomic E-state index is 0.0621. The third-order valence-electron chi connectivity index (χ3n) is 4.02. The average Bonchev–Trinajstić information content (AvgIpc) is 3.36. The summed E-state index contributed by atoms with van der Waals surface area (Å²) in [6.07, 6.45) is 1.88. The van der Waals surface area contributed by atoms with Gasteiger partial charge in [-0.1, -0.05) is 0 Å². The second kappa shape index (κ2) is 6.45. The summed E-state index contributed by atoms with van der Waals surface area (Å²) in [6, 6.07) is 4.73. The highest BCUT2D eigenvalue weighted by Gasteiger charge is 2.36. The lowest BCUT2D eigenvalue weighted by Crippen LogP contribution is -2.44. The summed E-state index contributed by atoms with van der Waals surface area (Å²) in [7, 11) is 0. The number of anilines is 1. The fraction of sp³-hybridized carbons (Fsp3) is 0.500. The summed E-state index contributed by atoms with van der Waals surface area (Å²) in [5.74, 6) is 0.117. The summed E-state index contributed by atoms with van der Waals surface area (Å²) in [5, 5.41) is 12.0. The van der Waals surface area contributed by atoms with Crippen molar-refractivity contribution in [2.75, 3.05) is 25.1 Å². The third-order valence-corrected chi connectivity index (χ3v) is 4.02. The number of rotatable bonds is 6. The zero-order valence-electron chi connectivity index (χ0n) is 12.9. The Morgan fingerprint density at radius 1 is 1.30 bits per heavy atom. The van der Waals surface area contributed by atoms with Crippen molar-refractivity contribution in [2.24, 2.45) is 0 Å². The summed E-state index contributed by atoms with van der Waals surface area (Å²) >= 11 is 0. The number of hydrogen-bond donors (Lipinski definition) is 2. The Morgan fingerprint density at radius 3 is 2.65 bits per heavy atom. The van der Waals surface area contributed by atoms with Crippen molar-refractivity contribution in [3.8, 4) is 11.5 Å². The number of carbonyl (C=O) groups is 2. The monoisotopic (exact) mass is 320 g/mol. The van der Waals surface area contributed by atoms with Gasteiger partial charge in [-0.2, -0.15) is 0 Å². The molecule has 0 saturated heterocycles. The predicted molar refractivity (Wildman–Crippen MR) is 82.9 cm³/mol. The largest absolute Gasteiger partial charge is 0.486 e. The van der Waals surface area contributed by atoms with Gasteiger partial charge in [0.1, 0.15) is 19.3 Å². The van der Waals surface area contributed by atoms with Gasteiger partial charge in [-0.3, -0.25) is 14.5 Å². The number of nitrogens with one attached hydrogen (secondary N) is 1. The molecule has 1 aromatic carbocycles. The first kappa shape index (κ1) is 15.6. The van der Waals surface area contributed by atoms with Gasteiger partial charge in [0.15, 0.2) is 11.5 Å². The molecule has 1 aliphatic carbocycles. The molecule has 1 heterocycles. The molecule has 7 nitrogen and oxygen atoms in total. The smallest absolute Gasteiger partial charge is 0.320 e. The van der Waals surface area contributed by atoms with E-state index in [1.54, 1.807) is 30.0 Å². The van der Waals surface area contributed by atoms with Crippen LogP contribution in [0, 0.1) is 0 Å². The number of carboxylic acids is 1. The van der Waals surface area contributed by atoms with Crippen molar-refractivity contribution < 1.29 is 24.2 Å². The van der Waals surface area contributed by atoms with Crippen LogP contribution in [0.4, 0.5) is 5.69 Å².